The molecular formula is C29H30ClN5O3S2. The molecule has 40 heavy (non-hydrogen) atoms. The molecule has 208 valence electrons. The van der Waals surface area contributed by atoms with Crippen LogP contribution in [-0.2, 0) is 10.0 Å². The molecule has 2 aromatic heterocycles. The molecular weight excluding hydrogens is 566 g/mol. The van der Waals surface area contributed by atoms with Crippen molar-refractivity contribution in [2.24, 2.45) is 0 Å². The van der Waals surface area contributed by atoms with Crippen LogP contribution >= 0.6 is 23.8 Å². The molecule has 1 aliphatic heterocycles. The number of hydrogen-bond donors (Lipinski definition) is 2. The molecule has 2 N–H and O–H groups in total. The predicted octanol–water partition coefficient (Wildman–Crippen LogP) is 6.01. The van der Waals surface area contributed by atoms with Crippen LogP contribution in [0.25, 0.3) is 5.69 Å². The summed E-state index contributed by atoms with van der Waals surface area (Å²) in [5, 5.41) is 4.72. The molecule has 4 aromatic rings. The Balaban J connectivity index is 1.68. The number of methoxy groups -OCH3 is 1. The van der Waals surface area contributed by atoms with E-state index in [0.717, 1.165) is 45.8 Å². The van der Waals surface area contributed by atoms with E-state index >= 15 is 0 Å². The Labute approximate surface area is 245 Å². The number of hydrogen-bond acceptors (Lipinski definition) is 5. The Morgan fingerprint density at radius 3 is 2.52 bits per heavy atom. The molecule has 0 saturated carbocycles. The summed E-state index contributed by atoms with van der Waals surface area (Å²) in [7, 11) is -1.99. The Hall–Kier alpha value is -3.60. The van der Waals surface area contributed by atoms with Crippen LogP contribution in [0.5, 0.6) is 5.75 Å². The number of nitrogens with zero attached hydrogens (tertiary/aromatic N) is 3. The Morgan fingerprint density at radius 2 is 1.85 bits per heavy atom. The first-order valence-corrected chi connectivity index (χ1v) is 15.3. The average molecular weight is 596 g/mol. The maximum atomic E-state index is 11.9. The molecule has 11 heteroatoms. The minimum absolute atomic E-state index is 0.247. The summed E-state index contributed by atoms with van der Waals surface area (Å²) in [5.74, 6) is 0.380. The first-order chi connectivity index (χ1) is 19.0. The van der Waals surface area contributed by atoms with E-state index in [4.69, 9.17) is 28.6 Å². The molecule has 2 atom stereocenters. The zero-order chi connectivity index (χ0) is 28.8. The number of anilines is 2. The molecule has 0 aliphatic carbocycles. The normalized spacial score (nSPS) is 17.1. The number of ether oxygens (including phenoxy) is 1. The van der Waals surface area contributed by atoms with Crippen molar-refractivity contribution >= 4 is 50.3 Å². The standard InChI is InChI=1S/C29H30ClN5O3S2/c1-17-15-21(19(3)34(17)25-11-8-9-22(30)18(25)2)28-27(24-10-6-7-14-31-24)32-29(39)35(28)20-12-13-23(26(16-20)38-4)33-40(5,36)37/h6-16,27-28,33H,1-5H3,(H,32,39)/t27-,28+/m0/s1. The minimum atomic E-state index is -3.49. The number of aryl methyl sites for hydroxylation is 1. The van der Waals surface area contributed by atoms with Crippen molar-refractivity contribution in [1.82, 2.24) is 14.9 Å². The van der Waals surface area contributed by atoms with Crippen molar-refractivity contribution in [3.63, 3.8) is 0 Å². The molecule has 0 bridgehead atoms. The van der Waals surface area contributed by atoms with Gasteiger partial charge in [0.05, 0.1) is 36.8 Å². The van der Waals surface area contributed by atoms with E-state index < -0.39 is 10.0 Å². The maximum absolute atomic E-state index is 11.9. The van der Waals surface area contributed by atoms with Crippen molar-refractivity contribution in [1.29, 1.82) is 0 Å². The van der Waals surface area contributed by atoms with Gasteiger partial charge in [-0.3, -0.25) is 9.71 Å². The number of halogens is 1. The van der Waals surface area contributed by atoms with Crippen molar-refractivity contribution < 1.29 is 13.2 Å². The van der Waals surface area contributed by atoms with Gasteiger partial charge in [0, 0.05) is 40.0 Å². The monoisotopic (exact) mass is 595 g/mol. The minimum Gasteiger partial charge on any atom is -0.494 e. The molecule has 0 spiro atoms. The van der Waals surface area contributed by atoms with Gasteiger partial charge in [0.25, 0.3) is 0 Å². The summed E-state index contributed by atoms with van der Waals surface area (Å²) in [6, 6.07) is 18.7. The fraction of sp³-hybridized carbons (Fsp3) is 0.241. The van der Waals surface area contributed by atoms with Crippen LogP contribution in [0.1, 0.15) is 40.3 Å². The highest BCUT2D eigenvalue weighted by molar-refractivity contribution is 7.92. The van der Waals surface area contributed by atoms with E-state index in [1.165, 1.54) is 7.11 Å². The van der Waals surface area contributed by atoms with E-state index in [-0.39, 0.29) is 12.1 Å². The molecule has 5 rings (SSSR count). The summed E-state index contributed by atoms with van der Waals surface area (Å²) < 4.78 is 34.1. The zero-order valence-electron chi connectivity index (χ0n) is 22.8. The van der Waals surface area contributed by atoms with E-state index in [1.54, 1.807) is 18.3 Å². The molecule has 3 heterocycles. The van der Waals surface area contributed by atoms with Gasteiger partial charge in [0.15, 0.2) is 5.11 Å². The first kappa shape index (κ1) is 27.9. The number of rotatable bonds is 7. The smallest absolute Gasteiger partial charge is 0.229 e. The molecule has 0 unspecified atom stereocenters. The van der Waals surface area contributed by atoms with Gasteiger partial charge >= 0.3 is 0 Å². The second-order valence-electron chi connectivity index (χ2n) is 9.80. The molecule has 2 aromatic carbocycles. The number of thiocarbonyl (C=S) groups is 1. The van der Waals surface area contributed by atoms with E-state index in [1.807, 2.05) is 48.2 Å². The first-order valence-electron chi connectivity index (χ1n) is 12.6. The lowest BCUT2D eigenvalue weighted by Gasteiger charge is -2.29. The van der Waals surface area contributed by atoms with Gasteiger partial charge < -0.3 is 19.5 Å². The SMILES string of the molecule is COc1cc(N2C(=S)N[C@@H](c3ccccn3)[C@H]2c2cc(C)n(-c3cccc(Cl)c3C)c2C)ccc1NS(C)(=O)=O. The lowest BCUT2D eigenvalue weighted by Crippen LogP contribution is -2.29. The number of nitrogens with one attached hydrogen (secondary N) is 2. The van der Waals surface area contributed by atoms with Crippen LogP contribution in [0.15, 0.2) is 66.9 Å². The van der Waals surface area contributed by atoms with Gasteiger partial charge in [0.1, 0.15) is 5.75 Å². The van der Waals surface area contributed by atoms with Crippen molar-refractivity contribution in [2.45, 2.75) is 32.9 Å². The zero-order valence-corrected chi connectivity index (χ0v) is 25.2. The number of benzene rings is 2. The van der Waals surface area contributed by atoms with Gasteiger partial charge in [0.2, 0.25) is 10.0 Å². The second-order valence-corrected chi connectivity index (χ2v) is 12.3. The molecule has 1 saturated heterocycles. The van der Waals surface area contributed by atoms with Crippen molar-refractivity contribution in [3.8, 4) is 11.4 Å². The van der Waals surface area contributed by atoms with Crippen molar-refractivity contribution in [2.75, 3.05) is 23.0 Å². The Kier molecular flexibility index (Phi) is 7.52. The number of aromatic nitrogens is 2. The van der Waals surface area contributed by atoms with Crippen LogP contribution in [0.4, 0.5) is 11.4 Å². The van der Waals surface area contributed by atoms with Gasteiger partial charge in [-0.05, 0) is 86.6 Å². The molecule has 0 amide bonds. The van der Waals surface area contributed by atoms with Gasteiger partial charge in [-0.2, -0.15) is 0 Å². The summed E-state index contributed by atoms with van der Waals surface area (Å²) in [6.07, 6.45) is 2.87. The molecule has 1 fully saturated rings. The second kappa shape index (κ2) is 10.8. The van der Waals surface area contributed by atoms with Crippen LogP contribution < -0.4 is 19.7 Å². The maximum Gasteiger partial charge on any atom is 0.229 e. The quantitative estimate of drug-likeness (QED) is 0.253. The summed E-state index contributed by atoms with van der Waals surface area (Å²) in [6.45, 7) is 6.19. The number of sulfonamides is 1. The predicted molar refractivity (Wildman–Crippen MR) is 164 cm³/mol. The molecule has 0 radical (unpaired) electrons. The molecule has 1 aliphatic rings. The Morgan fingerprint density at radius 1 is 1.07 bits per heavy atom. The molecule has 8 nitrogen and oxygen atoms in total. The third kappa shape index (κ3) is 5.14. The Bertz CT molecular complexity index is 1710. The van der Waals surface area contributed by atoms with Crippen LogP contribution in [0.3, 0.4) is 0 Å². The highest BCUT2D eigenvalue weighted by Gasteiger charge is 2.42. The highest BCUT2D eigenvalue weighted by Crippen LogP contribution is 2.45. The van der Waals surface area contributed by atoms with Gasteiger partial charge in [-0.15, -0.1) is 0 Å². The topological polar surface area (TPSA) is 88.5 Å². The van der Waals surface area contributed by atoms with E-state index in [0.29, 0.717) is 21.6 Å². The largest absolute Gasteiger partial charge is 0.494 e. The average Bonchev–Trinajstić information content (AvgIpc) is 3.40. The van der Waals surface area contributed by atoms with Crippen LogP contribution in [0.2, 0.25) is 5.02 Å². The fourth-order valence-electron chi connectivity index (χ4n) is 5.36. The highest BCUT2D eigenvalue weighted by atomic mass is 35.5. The summed E-state index contributed by atoms with van der Waals surface area (Å²) in [5.41, 5.74) is 7.13. The van der Waals surface area contributed by atoms with E-state index in [9.17, 15) is 8.42 Å². The van der Waals surface area contributed by atoms with Crippen molar-refractivity contribution in [3.05, 3.63) is 100 Å². The summed E-state index contributed by atoms with van der Waals surface area (Å²) >= 11 is 12.4. The van der Waals surface area contributed by atoms with Gasteiger partial charge in [-0.25, -0.2) is 8.42 Å². The third-order valence-electron chi connectivity index (χ3n) is 7.13. The van der Waals surface area contributed by atoms with Gasteiger partial charge in [-0.1, -0.05) is 23.7 Å². The van der Waals surface area contributed by atoms with Crippen LogP contribution in [-0.4, -0.2) is 36.4 Å². The fourth-order valence-corrected chi connectivity index (χ4v) is 6.44. The number of pyridine rings is 1. The lowest BCUT2D eigenvalue weighted by atomic mass is 9.96. The summed E-state index contributed by atoms with van der Waals surface area (Å²) in [4.78, 5) is 6.70. The lowest BCUT2D eigenvalue weighted by molar-refractivity contribution is 0.417. The van der Waals surface area contributed by atoms with Crippen LogP contribution in [0, 0.1) is 20.8 Å². The third-order valence-corrected chi connectivity index (χ3v) is 8.44. The van der Waals surface area contributed by atoms with E-state index in [2.05, 4.69) is 45.6 Å².